The first-order chi connectivity index (χ1) is 15.2. The fraction of sp³-hybridized carbons (Fsp3) is 0.391. The summed E-state index contributed by atoms with van der Waals surface area (Å²) in [6.07, 6.45) is 1.77. The van der Waals surface area contributed by atoms with Gasteiger partial charge in [-0.05, 0) is 67.5 Å². The Kier molecular flexibility index (Phi) is 5.19. The number of anilines is 2. The topological polar surface area (TPSA) is 50.2 Å². The number of carbonyl (C=O) groups is 1. The molecule has 1 aliphatic heterocycles. The average molecular weight is 507 g/mol. The highest BCUT2D eigenvalue weighted by molar-refractivity contribution is 9.10. The number of alkyl halides is 3. The highest BCUT2D eigenvalue weighted by Crippen LogP contribution is 2.54. The molecule has 0 unspecified atom stereocenters. The van der Waals surface area contributed by atoms with Crippen LogP contribution >= 0.6 is 15.9 Å². The first-order valence-corrected chi connectivity index (χ1v) is 11.4. The molecule has 1 spiro atoms. The summed E-state index contributed by atoms with van der Waals surface area (Å²) in [5, 5.41) is 2.88. The summed E-state index contributed by atoms with van der Waals surface area (Å²) in [4.78, 5) is 19.5. The van der Waals surface area contributed by atoms with Crippen molar-refractivity contribution in [1.29, 1.82) is 0 Å². The Hall–Kier alpha value is -2.55. The zero-order valence-corrected chi connectivity index (χ0v) is 18.8. The standard InChI is InChI=1S/C23H22BrF3N4O/c24-15-1-3-17(20(11-15)30-9-7-22(5-6-22)8-10-30)21(32)29-16-2-4-19-18(12-16)28-14-31(19)13-23(25,26)27/h1-4,11-12,14H,5-10,13H2,(H,29,32). The number of benzene rings is 2. The van der Waals surface area contributed by atoms with Crippen molar-refractivity contribution in [3.8, 4) is 0 Å². The molecule has 168 valence electrons. The van der Waals surface area contributed by atoms with E-state index >= 15 is 0 Å². The molecule has 1 saturated heterocycles. The molecule has 2 fully saturated rings. The van der Waals surface area contributed by atoms with Crippen molar-refractivity contribution in [3.63, 3.8) is 0 Å². The Morgan fingerprint density at radius 3 is 2.53 bits per heavy atom. The van der Waals surface area contributed by atoms with E-state index in [9.17, 15) is 18.0 Å². The van der Waals surface area contributed by atoms with E-state index in [0.29, 0.717) is 27.7 Å². The van der Waals surface area contributed by atoms with Crippen molar-refractivity contribution in [3.05, 3.63) is 52.8 Å². The van der Waals surface area contributed by atoms with Crippen molar-refractivity contribution in [2.24, 2.45) is 5.41 Å². The minimum absolute atomic E-state index is 0.256. The smallest absolute Gasteiger partial charge is 0.371 e. The maximum absolute atomic E-state index is 13.1. The Morgan fingerprint density at radius 2 is 1.84 bits per heavy atom. The molecule has 0 atom stereocenters. The van der Waals surface area contributed by atoms with E-state index in [-0.39, 0.29) is 5.91 Å². The number of imidazole rings is 1. The van der Waals surface area contributed by atoms with Gasteiger partial charge >= 0.3 is 6.18 Å². The van der Waals surface area contributed by atoms with Gasteiger partial charge in [-0.2, -0.15) is 13.2 Å². The van der Waals surface area contributed by atoms with Crippen LogP contribution in [0.25, 0.3) is 11.0 Å². The molecular weight excluding hydrogens is 485 g/mol. The van der Waals surface area contributed by atoms with Crippen LogP contribution in [-0.4, -0.2) is 34.7 Å². The van der Waals surface area contributed by atoms with Gasteiger partial charge in [-0.3, -0.25) is 4.79 Å². The van der Waals surface area contributed by atoms with Crippen molar-refractivity contribution >= 4 is 44.2 Å². The molecule has 1 amide bonds. The predicted octanol–water partition coefficient (Wildman–Crippen LogP) is 5.99. The minimum Gasteiger partial charge on any atom is -0.371 e. The number of rotatable bonds is 4. The molecule has 3 aromatic rings. The van der Waals surface area contributed by atoms with Gasteiger partial charge in [0.25, 0.3) is 5.91 Å². The van der Waals surface area contributed by atoms with Gasteiger partial charge in [-0.25, -0.2) is 4.98 Å². The first kappa shape index (κ1) is 21.3. The molecular formula is C23H22BrF3N4O. The number of aromatic nitrogens is 2. The summed E-state index contributed by atoms with van der Waals surface area (Å²) in [6, 6.07) is 10.4. The zero-order valence-electron chi connectivity index (χ0n) is 17.3. The molecule has 2 aliphatic rings. The van der Waals surface area contributed by atoms with E-state index in [1.807, 2.05) is 12.1 Å². The monoisotopic (exact) mass is 506 g/mol. The highest BCUT2D eigenvalue weighted by Gasteiger charge is 2.44. The normalized spacial score (nSPS) is 17.7. The number of fused-ring (bicyclic) bond motifs is 1. The third-order valence-electron chi connectivity index (χ3n) is 6.55. The number of carbonyl (C=O) groups excluding carboxylic acids is 1. The van der Waals surface area contributed by atoms with E-state index in [1.54, 1.807) is 24.3 Å². The van der Waals surface area contributed by atoms with E-state index < -0.39 is 12.7 Å². The zero-order chi connectivity index (χ0) is 22.5. The van der Waals surface area contributed by atoms with E-state index in [4.69, 9.17) is 0 Å². The second-order valence-electron chi connectivity index (χ2n) is 8.79. The van der Waals surface area contributed by atoms with Crippen molar-refractivity contribution in [2.75, 3.05) is 23.3 Å². The molecule has 1 aromatic heterocycles. The van der Waals surface area contributed by atoms with Gasteiger partial charge in [-0.1, -0.05) is 15.9 Å². The molecule has 0 radical (unpaired) electrons. The molecule has 32 heavy (non-hydrogen) atoms. The summed E-state index contributed by atoms with van der Waals surface area (Å²) in [5.41, 5.74) is 3.26. The largest absolute Gasteiger partial charge is 0.406 e. The van der Waals surface area contributed by atoms with Gasteiger partial charge in [0, 0.05) is 23.2 Å². The lowest BCUT2D eigenvalue weighted by Crippen LogP contribution is -2.35. The predicted molar refractivity (Wildman–Crippen MR) is 121 cm³/mol. The number of amides is 1. The van der Waals surface area contributed by atoms with Crippen LogP contribution in [0, 0.1) is 5.41 Å². The number of hydrogen-bond donors (Lipinski definition) is 1. The third-order valence-corrected chi connectivity index (χ3v) is 7.05. The number of halogens is 4. The highest BCUT2D eigenvalue weighted by atomic mass is 79.9. The Labute approximate surface area is 191 Å². The number of piperidine rings is 1. The van der Waals surface area contributed by atoms with Crippen LogP contribution in [-0.2, 0) is 6.54 Å². The fourth-order valence-corrected chi connectivity index (χ4v) is 4.87. The summed E-state index contributed by atoms with van der Waals surface area (Å²) < 4.78 is 40.2. The fourth-order valence-electron chi connectivity index (χ4n) is 4.52. The van der Waals surface area contributed by atoms with Crippen molar-refractivity contribution in [1.82, 2.24) is 9.55 Å². The van der Waals surface area contributed by atoms with Crippen LogP contribution in [0.1, 0.15) is 36.0 Å². The second kappa shape index (κ2) is 7.79. The number of hydrogen-bond acceptors (Lipinski definition) is 3. The Bertz CT molecular complexity index is 1180. The molecule has 5 rings (SSSR count). The van der Waals surface area contributed by atoms with Crippen LogP contribution in [0.4, 0.5) is 24.5 Å². The van der Waals surface area contributed by atoms with Gasteiger partial charge in [-0.15, -0.1) is 0 Å². The van der Waals surface area contributed by atoms with Crippen molar-refractivity contribution in [2.45, 2.75) is 38.4 Å². The Morgan fingerprint density at radius 1 is 1.09 bits per heavy atom. The van der Waals surface area contributed by atoms with Crippen LogP contribution in [0.3, 0.4) is 0 Å². The molecule has 5 nitrogen and oxygen atoms in total. The first-order valence-electron chi connectivity index (χ1n) is 10.6. The summed E-state index contributed by atoms with van der Waals surface area (Å²) in [7, 11) is 0. The molecule has 9 heteroatoms. The molecule has 1 N–H and O–H groups in total. The summed E-state index contributed by atoms with van der Waals surface area (Å²) >= 11 is 3.51. The van der Waals surface area contributed by atoms with Crippen LogP contribution < -0.4 is 10.2 Å². The van der Waals surface area contributed by atoms with Gasteiger partial charge < -0.3 is 14.8 Å². The minimum atomic E-state index is -4.33. The van der Waals surface area contributed by atoms with Crippen LogP contribution in [0.2, 0.25) is 0 Å². The quantitative estimate of drug-likeness (QED) is 0.472. The van der Waals surface area contributed by atoms with Gasteiger partial charge in [0.05, 0.1) is 28.6 Å². The SMILES string of the molecule is O=C(Nc1ccc2c(c1)ncn2CC(F)(F)F)c1ccc(Br)cc1N1CCC2(CC1)CC2. The van der Waals surface area contributed by atoms with E-state index in [1.165, 1.54) is 19.2 Å². The molecule has 0 bridgehead atoms. The van der Waals surface area contributed by atoms with Gasteiger partial charge in [0.1, 0.15) is 6.54 Å². The van der Waals surface area contributed by atoms with Crippen LogP contribution in [0.5, 0.6) is 0 Å². The lowest BCUT2D eigenvalue weighted by molar-refractivity contribution is -0.139. The number of nitrogens with zero attached hydrogens (tertiary/aromatic N) is 3. The lowest BCUT2D eigenvalue weighted by Gasteiger charge is -2.35. The lowest BCUT2D eigenvalue weighted by atomic mass is 9.93. The van der Waals surface area contributed by atoms with E-state index in [2.05, 4.69) is 31.1 Å². The third kappa shape index (κ3) is 4.35. The molecule has 1 aliphatic carbocycles. The summed E-state index contributed by atoms with van der Waals surface area (Å²) in [5.74, 6) is -0.256. The maximum Gasteiger partial charge on any atom is 0.406 e. The van der Waals surface area contributed by atoms with Gasteiger partial charge in [0.15, 0.2) is 0 Å². The average Bonchev–Trinajstić information content (AvgIpc) is 3.38. The molecule has 2 heterocycles. The molecule has 2 aromatic carbocycles. The number of nitrogens with one attached hydrogen (secondary N) is 1. The maximum atomic E-state index is 13.1. The molecule has 1 saturated carbocycles. The van der Waals surface area contributed by atoms with Gasteiger partial charge in [0.2, 0.25) is 0 Å². The Balaban J connectivity index is 1.36. The van der Waals surface area contributed by atoms with Crippen molar-refractivity contribution < 1.29 is 18.0 Å². The summed E-state index contributed by atoms with van der Waals surface area (Å²) in [6.45, 7) is 0.757. The van der Waals surface area contributed by atoms with E-state index in [0.717, 1.165) is 40.7 Å². The second-order valence-corrected chi connectivity index (χ2v) is 9.71. The van der Waals surface area contributed by atoms with Crippen LogP contribution in [0.15, 0.2) is 47.2 Å².